The van der Waals surface area contributed by atoms with Crippen LogP contribution in [0.3, 0.4) is 0 Å². The molecule has 2 aromatic carbocycles. The maximum atomic E-state index is 12.5. The molecule has 0 aliphatic carbocycles. The molecule has 0 aliphatic heterocycles. The van der Waals surface area contributed by atoms with Crippen molar-refractivity contribution in [3.05, 3.63) is 63.4 Å². The number of carbonyl (C=O) groups excluding carboxylic acids is 1. The van der Waals surface area contributed by atoms with Gasteiger partial charge in [-0.15, -0.1) is 10.2 Å². The number of carbonyl (C=O) groups is 1. The average molecular weight is 479 g/mol. The van der Waals surface area contributed by atoms with Crippen molar-refractivity contribution in [2.24, 2.45) is 0 Å². The fourth-order valence-corrected chi connectivity index (χ4v) is 4.40. The normalized spacial score (nSPS) is 11.9. The number of benzene rings is 2. The van der Waals surface area contributed by atoms with Crippen LogP contribution in [-0.4, -0.2) is 26.4 Å². The zero-order valence-electron chi connectivity index (χ0n) is 17.8. The van der Waals surface area contributed by atoms with Gasteiger partial charge in [-0.1, -0.05) is 53.2 Å². The number of nitrogens with one attached hydrogen (secondary N) is 1. The summed E-state index contributed by atoms with van der Waals surface area (Å²) in [5.41, 5.74) is 2.92. The summed E-state index contributed by atoms with van der Waals surface area (Å²) in [5, 5.41) is 13.2. The Morgan fingerprint density at radius 2 is 1.90 bits per heavy atom. The van der Waals surface area contributed by atoms with Crippen LogP contribution in [0.5, 0.6) is 5.75 Å². The molecule has 0 aliphatic rings. The summed E-state index contributed by atoms with van der Waals surface area (Å²) in [6, 6.07) is 11.0. The summed E-state index contributed by atoms with van der Waals surface area (Å²) < 4.78 is 7.91. The molecule has 0 saturated heterocycles. The Morgan fingerprint density at radius 1 is 1.19 bits per heavy atom. The molecule has 0 saturated carbocycles. The molecule has 3 rings (SSSR count). The molecular weight excluding hydrogens is 455 g/mol. The third kappa shape index (κ3) is 5.73. The molecule has 9 heteroatoms. The standard InChI is InChI=1S/C22H24Cl2N4O2S/c1-5-28-21(15(4)30-18-10-9-16(23)11-17(18)24)26-27-22(28)31-12-19(29)25-20-13(2)7-6-8-14(20)3/h6-11,15H,5,12H2,1-4H3,(H,25,29). The Labute approximate surface area is 196 Å². The smallest absolute Gasteiger partial charge is 0.234 e. The lowest BCUT2D eigenvalue weighted by molar-refractivity contribution is -0.113. The van der Waals surface area contributed by atoms with Crippen molar-refractivity contribution in [3.8, 4) is 5.75 Å². The van der Waals surface area contributed by atoms with E-state index in [1.807, 2.05) is 50.5 Å². The van der Waals surface area contributed by atoms with Crippen molar-refractivity contribution in [2.75, 3.05) is 11.1 Å². The molecule has 1 amide bonds. The number of hydrogen-bond acceptors (Lipinski definition) is 5. The van der Waals surface area contributed by atoms with E-state index in [2.05, 4.69) is 15.5 Å². The van der Waals surface area contributed by atoms with Gasteiger partial charge < -0.3 is 14.6 Å². The molecule has 0 spiro atoms. The molecule has 6 nitrogen and oxygen atoms in total. The highest BCUT2D eigenvalue weighted by Crippen LogP contribution is 2.31. The van der Waals surface area contributed by atoms with Crippen LogP contribution in [0.1, 0.15) is 36.9 Å². The number of hydrogen-bond donors (Lipinski definition) is 1. The maximum absolute atomic E-state index is 12.5. The van der Waals surface area contributed by atoms with Gasteiger partial charge in [-0.25, -0.2) is 0 Å². The first-order valence-electron chi connectivity index (χ1n) is 9.83. The lowest BCUT2D eigenvalue weighted by atomic mass is 10.1. The second-order valence-electron chi connectivity index (χ2n) is 7.02. The minimum Gasteiger partial charge on any atom is -0.481 e. The topological polar surface area (TPSA) is 69.0 Å². The molecule has 3 aromatic rings. The van der Waals surface area contributed by atoms with Crippen LogP contribution in [-0.2, 0) is 11.3 Å². The number of aryl methyl sites for hydroxylation is 2. The van der Waals surface area contributed by atoms with E-state index in [9.17, 15) is 4.79 Å². The Kier molecular flexibility index (Phi) is 7.86. The molecule has 1 N–H and O–H groups in total. The summed E-state index contributed by atoms with van der Waals surface area (Å²) in [5.74, 6) is 1.31. The average Bonchev–Trinajstić information content (AvgIpc) is 3.14. The number of ether oxygens (including phenoxy) is 1. The van der Waals surface area contributed by atoms with Gasteiger partial charge in [-0.3, -0.25) is 4.79 Å². The van der Waals surface area contributed by atoms with E-state index in [4.69, 9.17) is 27.9 Å². The highest BCUT2D eigenvalue weighted by atomic mass is 35.5. The van der Waals surface area contributed by atoms with E-state index in [1.54, 1.807) is 18.2 Å². The Balaban J connectivity index is 1.67. The quantitative estimate of drug-likeness (QED) is 0.396. The number of nitrogens with zero attached hydrogens (tertiary/aromatic N) is 3. The number of halogens is 2. The van der Waals surface area contributed by atoms with E-state index in [1.165, 1.54) is 11.8 Å². The van der Waals surface area contributed by atoms with Crippen molar-refractivity contribution in [2.45, 2.75) is 45.5 Å². The lowest BCUT2D eigenvalue weighted by Crippen LogP contribution is -2.16. The molecule has 1 unspecified atom stereocenters. The van der Waals surface area contributed by atoms with Crippen molar-refractivity contribution >= 4 is 46.6 Å². The predicted molar refractivity (Wildman–Crippen MR) is 126 cm³/mol. The van der Waals surface area contributed by atoms with Gasteiger partial charge in [0.1, 0.15) is 5.75 Å². The van der Waals surface area contributed by atoms with Crippen LogP contribution in [0, 0.1) is 13.8 Å². The molecule has 0 fully saturated rings. The van der Waals surface area contributed by atoms with Crippen LogP contribution in [0.4, 0.5) is 5.69 Å². The largest absolute Gasteiger partial charge is 0.481 e. The van der Waals surface area contributed by atoms with Gasteiger partial charge in [-0.2, -0.15) is 0 Å². The molecule has 1 aromatic heterocycles. The molecular formula is C22H24Cl2N4O2S. The first-order valence-corrected chi connectivity index (χ1v) is 11.6. The van der Waals surface area contributed by atoms with Gasteiger partial charge in [0.05, 0.1) is 10.8 Å². The summed E-state index contributed by atoms with van der Waals surface area (Å²) in [6.07, 6.45) is -0.385. The van der Waals surface area contributed by atoms with Gasteiger partial charge >= 0.3 is 0 Å². The third-order valence-corrected chi connectivity index (χ3v) is 6.20. The number of amides is 1. The van der Waals surface area contributed by atoms with E-state index in [-0.39, 0.29) is 17.8 Å². The van der Waals surface area contributed by atoms with Gasteiger partial charge in [0.25, 0.3) is 0 Å². The molecule has 31 heavy (non-hydrogen) atoms. The van der Waals surface area contributed by atoms with E-state index in [0.29, 0.717) is 33.3 Å². The molecule has 0 radical (unpaired) electrons. The number of anilines is 1. The summed E-state index contributed by atoms with van der Waals surface area (Å²) in [6.45, 7) is 8.47. The second-order valence-corrected chi connectivity index (χ2v) is 8.81. The third-order valence-electron chi connectivity index (χ3n) is 4.70. The van der Waals surface area contributed by atoms with E-state index in [0.717, 1.165) is 16.8 Å². The number of aromatic nitrogens is 3. The fraction of sp³-hybridized carbons (Fsp3) is 0.318. The number of thioether (sulfide) groups is 1. The molecule has 164 valence electrons. The van der Waals surface area contributed by atoms with E-state index < -0.39 is 0 Å². The number of rotatable bonds is 8. The van der Waals surface area contributed by atoms with Crippen molar-refractivity contribution in [3.63, 3.8) is 0 Å². The summed E-state index contributed by atoms with van der Waals surface area (Å²) >= 11 is 13.5. The summed E-state index contributed by atoms with van der Waals surface area (Å²) in [7, 11) is 0. The molecule has 1 atom stereocenters. The number of para-hydroxylation sites is 1. The van der Waals surface area contributed by atoms with Crippen LogP contribution in [0.15, 0.2) is 41.6 Å². The fourth-order valence-electron chi connectivity index (χ4n) is 3.14. The van der Waals surface area contributed by atoms with Crippen LogP contribution >= 0.6 is 35.0 Å². The Hall–Kier alpha value is -2.22. The monoisotopic (exact) mass is 478 g/mol. The highest BCUT2D eigenvalue weighted by molar-refractivity contribution is 7.99. The maximum Gasteiger partial charge on any atom is 0.234 e. The van der Waals surface area contributed by atoms with Gasteiger partial charge in [0.2, 0.25) is 5.91 Å². The Bertz CT molecular complexity index is 1070. The SMILES string of the molecule is CCn1c(SCC(=O)Nc2c(C)cccc2C)nnc1C(C)Oc1ccc(Cl)cc1Cl. The zero-order chi connectivity index (χ0) is 22.5. The predicted octanol–water partition coefficient (Wildman–Crippen LogP) is 6.09. The van der Waals surface area contributed by atoms with Gasteiger partial charge in [-0.05, 0) is 57.0 Å². The van der Waals surface area contributed by atoms with E-state index >= 15 is 0 Å². The lowest BCUT2D eigenvalue weighted by Gasteiger charge is -2.16. The molecule has 0 bridgehead atoms. The van der Waals surface area contributed by atoms with Crippen LogP contribution < -0.4 is 10.1 Å². The second kappa shape index (κ2) is 10.4. The van der Waals surface area contributed by atoms with Crippen LogP contribution in [0.25, 0.3) is 0 Å². The first kappa shape index (κ1) is 23.4. The minimum absolute atomic E-state index is 0.0909. The highest BCUT2D eigenvalue weighted by Gasteiger charge is 2.20. The minimum atomic E-state index is -0.385. The summed E-state index contributed by atoms with van der Waals surface area (Å²) in [4.78, 5) is 12.5. The van der Waals surface area contributed by atoms with Crippen molar-refractivity contribution in [1.29, 1.82) is 0 Å². The van der Waals surface area contributed by atoms with Gasteiger partial charge in [0.15, 0.2) is 17.1 Å². The van der Waals surface area contributed by atoms with Crippen molar-refractivity contribution in [1.82, 2.24) is 14.8 Å². The van der Waals surface area contributed by atoms with Gasteiger partial charge in [0, 0.05) is 17.3 Å². The first-order chi connectivity index (χ1) is 14.8. The Morgan fingerprint density at radius 3 is 2.55 bits per heavy atom. The van der Waals surface area contributed by atoms with Crippen molar-refractivity contribution < 1.29 is 9.53 Å². The van der Waals surface area contributed by atoms with Crippen LogP contribution in [0.2, 0.25) is 10.0 Å². The zero-order valence-corrected chi connectivity index (χ0v) is 20.1. The molecule has 1 heterocycles.